The van der Waals surface area contributed by atoms with Crippen molar-refractivity contribution in [3.8, 4) is 0 Å². The Morgan fingerprint density at radius 1 is 0.506 bits per heavy atom. The number of hydrogen-bond acceptors (Lipinski definition) is 13. The van der Waals surface area contributed by atoms with Crippen LogP contribution >= 0.6 is 0 Å². The number of nitrogens with one attached hydrogen (secondary N) is 4. The van der Waals surface area contributed by atoms with Gasteiger partial charge < -0.3 is 50.9 Å². The normalized spacial score (nSPS) is 27.2. The molecule has 0 saturated carbocycles. The molecule has 1 aliphatic heterocycles. The van der Waals surface area contributed by atoms with Crippen molar-refractivity contribution in [1.29, 1.82) is 0 Å². The zero-order valence-electron chi connectivity index (χ0n) is 56.0. The second kappa shape index (κ2) is 35.8. The molecular formula is C63H112N10O12. The monoisotopic (exact) mass is 1200 g/mol. The summed E-state index contributed by atoms with van der Waals surface area (Å²) >= 11 is 0. The fourth-order valence-corrected chi connectivity index (χ4v) is 10.7. The van der Waals surface area contributed by atoms with E-state index in [2.05, 4.69) is 21.3 Å². The Hall–Kier alpha value is -5.77. The first-order valence-corrected chi connectivity index (χ1v) is 30.8. The van der Waals surface area contributed by atoms with Crippen LogP contribution in [-0.4, -0.2) is 215 Å². The van der Waals surface area contributed by atoms with Crippen LogP contribution in [0.25, 0.3) is 0 Å². The summed E-state index contributed by atoms with van der Waals surface area (Å²) in [5.41, 5.74) is 0. The molecule has 1 unspecified atom stereocenters. The highest BCUT2D eigenvalue weighted by Gasteiger charge is 2.43. The molecule has 12 atom stereocenters. The zero-order chi connectivity index (χ0) is 65.8. The third-order valence-corrected chi connectivity index (χ3v) is 16.3. The first-order valence-electron chi connectivity index (χ1n) is 30.8. The summed E-state index contributed by atoms with van der Waals surface area (Å²) in [7, 11) is 8.75. The van der Waals surface area contributed by atoms with Gasteiger partial charge in [0.15, 0.2) is 11.6 Å². The van der Waals surface area contributed by atoms with Crippen LogP contribution in [0.15, 0.2) is 12.2 Å². The second-order valence-corrected chi connectivity index (χ2v) is 26.4. The van der Waals surface area contributed by atoms with Gasteiger partial charge >= 0.3 is 0 Å². The lowest BCUT2D eigenvalue weighted by Gasteiger charge is -2.38. The molecule has 85 heavy (non-hydrogen) atoms. The number of carbonyl (C=O) groups excluding carboxylic acids is 11. The van der Waals surface area contributed by atoms with Crippen LogP contribution in [0.2, 0.25) is 0 Å². The van der Waals surface area contributed by atoms with Gasteiger partial charge in [-0.3, -0.25) is 57.6 Å². The molecule has 0 radical (unpaired) electrons. The minimum Gasteiger partial charge on any atom is -0.390 e. The second-order valence-electron chi connectivity index (χ2n) is 26.4. The molecule has 0 aromatic heterocycles. The van der Waals surface area contributed by atoms with Crippen molar-refractivity contribution in [3.05, 3.63) is 12.2 Å². The molecule has 0 aliphatic carbocycles. The van der Waals surface area contributed by atoms with Crippen LogP contribution in [0.1, 0.15) is 163 Å². The molecule has 22 heteroatoms. The number of rotatable bonds is 15. The van der Waals surface area contributed by atoms with E-state index in [-0.39, 0.29) is 73.9 Å². The zero-order valence-corrected chi connectivity index (χ0v) is 56.0. The fraction of sp³-hybridized carbons (Fsp3) is 0.794. The van der Waals surface area contributed by atoms with Crippen molar-refractivity contribution in [2.24, 2.45) is 47.3 Å². The number of nitrogens with zero attached hydrogens (tertiary/aromatic N) is 6. The average molecular weight is 1200 g/mol. The van der Waals surface area contributed by atoms with Gasteiger partial charge in [-0.05, 0) is 108 Å². The van der Waals surface area contributed by atoms with E-state index >= 15 is 0 Å². The molecule has 5 N–H and O–H groups in total. The van der Waals surface area contributed by atoms with Gasteiger partial charge in [-0.15, -0.1) is 0 Å². The molecule has 1 fully saturated rings. The van der Waals surface area contributed by atoms with E-state index in [9.17, 15) is 57.8 Å². The van der Waals surface area contributed by atoms with E-state index in [1.54, 1.807) is 59.6 Å². The minimum absolute atomic E-state index is 0.0410. The number of aliphatic hydroxyl groups excluding tert-OH is 1. The van der Waals surface area contributed by atoms with Crippen molar-refractivity contribution in [3.63, 3.8) is 0 Å². The van der Waals surface area contributed by atoms with Gasteiger partial charge in [0.05, 0.1) is 31.3 Å². The molecule has 1 rings (SSSR count). The first kappa shape index (κ1) is 77.2. The third-order valence-electron chi connectivity index (χ3n) is 16.3. The Balaban J connectivity index is 4.21. The van der Waals surface area contributed by atoms with Crippen molar-refractivity contribution in [1.82, 2.24) is 50.7 Å². The van der Waals surface area contributed by atoms with Gasteiger partial charge in [0, 0.05) is 47.6 Å². The highest BCUT2D eigenvalue weighted by atomic mass is 16.3. The number of ketones is 2. The molecule has 22 nitrogen and oxygen atoms in total. The van der Waals surface area contributed by atoms with E-state index in [1.807, 2.05) is 68.4 Å². The van der Waals surface area contributed by atoms with Crippen LogP contribution < -0.4 is 21.3 Å². The van der Waals surface area contributed by atoms with Crippen LogP contribution in [-0.2, 0) is 52.7 Å². The summed E-state index contributed by atoms with van der Waals surface area (Å²) in [5, 5.41) is 23.0. The number of hydrogen-bond donors (Lipinski definition) is 5. The van der Waals surface area contributed by atoms with Gasteiger partial charge in [0.1, 0.15) is 42.3 Å². The lowest BCUT2D eigenvalue weighted by molar-refractivity contribution is -0.151. The van der Waals surface area contributed by atoms with Gasteiger partial charge in [-0.25, -0.2) is 0 Å². The topological polar surface area (TPSA) is 276 Å². The Morgan fingerprint density at radius 3 is 1.46 bits per heavy atom. The Labute approximate surface area is 509 Å². The Kier molecular flexibility index (Phi) is 32.5. The molecule has 0 bridgehead atoms. The van der Waals surface area contributed by atoms with Gasteiger partial charge in [0.25, 0.3) is 0 Å². The standard InChI is InChI=1S/C63H112N10O12/c1-24-26-27-41(15)55(77)54-59(81)66-45(25-2)62(84)69(19)34-52(76)70(20)48(30-37(7)8)58(80)67-53(40(13)14)63(85)72(22)49(31-38(9)10)57(79)64-42(16)56(78)65-43(17)60(82)71(21)47(29-36(5)6)51(75)33-68(18)46(28-35(3)4)50(74)32-44(39(11)12)61(83)73(54)23/h24,26,35-49,53-55,77H,25,27-34H2,1-23H3,(H,64,79)(H,65,78)(H,66,81)(H,67,80)/b26-24+/t41-,42+,43-,44+,45+,46+,47+,48+,49+,53+,54?,55-/m1/s1. The molecule has 0 aromatic rings. The van der Waals surface area contributed by atoms with Crippen molar-refractivity contribution in [2.75, 3.05) is 55.4 Å². The summed E-state index contributed by atoms with van der Waals surface area (Å²) in [5.74, 6) is -9.58. The summed E-state index contributed by atoms with van der Waals surface area (Å²) in [6.45, 7) is 29.5. The van der Waals surface area contributed by atoms with Gasteiger partial charge in [0.2, 0.25) is 53.2 Å². The lowest BCUT2D eigenvalue weighted by atomic mass is 9.84. The molecule has 9 amide bonds. The van der Waals surface area contributed by atoms with E-state index in [1.165, 1.54) is 63.8 Å². The number of Topliss-reactive ketones (excluding diaryl/α,β-unsaturated/α-hetero) is 2. The molecule has 0 spiro atoms. The molecule has 1 heterocycles. The maximum absolute atomic E-state index is 14.9. The van der Waals surface area contributed by atoms with Crippen molar-refractivity contribution in [2.45, 2.75) is 223 Å². The largest absolute Gasteiger partial charge is 0.390 e. The van der Waals surface area contributed by atoms with E-state index in [0.29, 0.717) is 12.8 Å². The van der Waals surface area contributed by atoms with Crippen LogP contribution in [0, 0.1) is 47.3 Å². The predicted octanol–water partition coefficient (Wildman–Crippen LogP) is 4.06. The summed E-state index contributed by atoms with van der Waals surface area (Å²) in [6.07, 6.45) is 3.14. The Bertz CT molecular complexity index is 2310. The lowest BCUT2D eigenvalue weighted by Crippen LogP contribution is -2.61. The Morgan fingerprint density at radius 2 is 0.976 bits per heavy atom. The van der Waals surface area contributed by atoms with Crippen LogP contribution in [0.4, 0.5) is 0 Å². The maximum Gasteiger partial charge on any atom is 0.246 e. The third kappa shape index (κ3) is 23.1. The van der Waals surface area contributed by atoms with E-state index < -0.39 is 144 Å². The SMILES string of the molecule is C/C=C/C[C@@H](C)[C@@H](O)C1C(=O)N[C@@H](CC)C(=O)N(C)CC(=O)N(C)[C@@H](CC(C)C)C(=O)N[C@@H](C(C)C)C(=O)N(C)[C@@H](CC(C)C)C(=O)N[C@@H](C)C(=O)N[C@H](C)C(=O)N(C)[C@@H](CC(C)C)C(=O)CN(C)[C@@H](CC(C)C)C(=O)C[C@@H](C(C)C)C(=O)N1C. The quantitative estimate of drug-likeness (QED) is 0.145. The van der Waals surface area contributed by atoms with E-state index in [4.69, 9.17) is 0 Å². The minimum atomic E-state index is -1.55. The summed E-state index contributed by atoms with van der Waals surface area (Å²) < 4.78 is 0. The maximum atomic E-state index is 14.9. The predicted molar refractivity (Wildman–Crippen MR) is 330 cm³/mol. The summed E-state index contributed by atoms with van der Waals surface area (Å²) in [6, 6.07) is -10.4. The fourth-order valence-electron chi connectivity index (χ4n) is 10.7. The number of carbonyl (C=O) groups is 11. The van der Waals surface area contributed by atoms with Gasteiger partial charge in [-0.2, -0.15) is 0 Å². The van der Waals surface area contributed by atoms with Crippen molar-refractivity contribution < 1.29 is 57.8 Å². The average Bonchev–Trinajstić information content (AvgIpc) is 3.30. The number of amides is 9. The number of aliphatic hydroxyl groups is 1. The van der Waals surface area contributed by atoms with Crippen LogP contribution in [0.5, 0.6) is 0 Å². The molecular weight excluding hydrogens is 1090 g/mol. The molecule has 1 aliphatic rings. The highest BCUT2D eigenvalue weighted by molar-refractivity contribution is 5.99. The van der Waals surface area contributed by atoms with Gasteiger partial charge in [-0.1, -0.05) is 109 Å². The van der Waals surface area contributed by atoms with Crippen LogP contribution in [0.3, 0.4) is 0 Å². The highest BCUT2D eigenvalue weighted by Crippen LogP contribution is 2.27. The molecule has 486 valence electrons. The first-order chi connectivity index (χ1) is 39.3. The van der Waals surface area contributed by atoms with Crippen molar-refractivity contribution >= 4 is 64.7 Å². The number of allylic oxidation sites excluding steroid dienone is 2. The molecule has 1 saturated heterocycles. The number of likely N-dealkylation sites (N-methyl/N-ethyl adjacent to an activating group) is 6. The molecule has 0 aromatic carbocycles. The van der Waals surface area contributed by atoms with E-state index in [0.717, 1.165) is 9.80 Å². The smallest absolute Gasteiger partial charge is 0.246 e. The summed E-state index contributed by atoms with van der Waals surface area (Å²) in [4.78, 5) is 166.